The fraction of sp³-hybridized carbons (Fsp3) is 0.500. The normalized spacial score (nSPS) is 14.6. The monoisotopic (exact) mass is 229 g/mol. The minimum absolute atomic E-state index is 0.444. The zero-order valence-corrected chi connectivity index (χ0v) is 9.58. The van der Waals surface area contributed by atoms with Crippen molar-refractivity contribution in [2.75, 3.05) is 7.11 Å². The molecule has 0 fully saturated rings. The van der Waals surface area contributed by atoms with E-state index in [1.807, 2.05) is 16.8 Å². The predicted molar refractivity (Wildman–Crippen MR) is 58.6 cm³/mol. The molecule has 2 atom stereocenters. The van der Waals surface area contributed by atoms with Crippen molar-refractivity contribution >= 4 is 17.3 Å². The van der Waals surface area contributed by atoms with Gasteiger partial charge < -0.3 is 9.84 Å². The average molecular weight is 229 g/mol. The van der Waals surface area contributed by atoms with Gasteiger partial charge in [0.2, 0.25) is 0 Å². The number of nitrogens with one attached hydrogen (secondary N) is 1. The first kappa shape index (κ1) is 12.2. The third-order valence-corrected chi connectivity index (χ3v) is 2.78. The first-order chi connectivity index (χ1) is 7.15. The van der Waals surface area contributed by atoms with E-state index in [0.29, 0.717) is 6.54 Å². The van der Waals surface area contributed by atoms with Gasteiger partial charge in [0.25, 0.3) is 0 Å². The summed E-state index contributed by atoms with van der Waals surface area (Å²) in [5.74, 6) is -0.444. The van der Waals surface area contributed by atoms with Crippen molar-refractivity contribution in [2.45, 2.75) is 25.6 Å². The topological polar surface area (TPSA) is 58.6 Å². The van der Waals surface area contributed by atoms with Gasteiger partial charge in [0.15, 0.2) is 0 Å². The van der Waals surface area contributed by atoms with Crippen LogP contribution in [0, 0.1) is 0 Å². The quantitative estimate of drug-likeness (QED) is 0.732. The van der Waals surface area contributed by atoms with Gasteiger partial charge >= 0.3 is 5.97 Å². The maximum atomic E-state index is 11.3. The Morgan fingerprint density at radius 1 is 1.73 bits per heavy atom. The molecule has 0 amide bonds. The number of carbonyl (C=O) groups is 1. The van der Waals surface area contributed by atoms with E-state index in [2.05, 4.69) is 10.1 Å². The van der Waals surface area contributed by atoms with Crippen molar-refractivity contribution < 1.29 is 14.6 Å². The Kier molecular flexibility index (Phi) is 4.74. The Morgan fingerprint density at radius 3 is 2.93 bits per heavy atom. The molecular formula is C10H15NO3S. The lowest BCUT2D eigenvalue weighted by molar-refractivity contribution is -0.145. The average Bonchev–Trinajstić information content (AvgIpc) is 2.70. The predicted octanol–water partition coefficient (Wildman–Crippen LogP) is 0.760. The van der Waals surface area contributed by atoms with Crippen LogP contribution >= 0.6 is 11.3 Å². The van der Waals surface area contributed by atoms with Gasteiger partial charge in [0.05, 0.1) is 13.2 Å². The Labute approximate surface area is 92.9 Å². The molecular weight excluding hydrogens is 214 g/mol. The van der Waals surface area contributed by atoms with Gasteiger partial charge in [-0.1, -0.05) is 0 Å². The lowest BCUT2D eigenvalue weighted by atomic mass is 10.2. The maximum Gasteiger partial charge on any atom is 0.325 e. The van der Waals surface area contributed by atoms with Crippen molar-refractivity contribution in [3.05, 3.63) is 22.4 Å². The second kappa shape index (κ2) is 5.85. The molecule has 15 heavy (non-hydrogen) atoms. The van der Waals surface area contributed by atoms with Crippen molar-refractivity contribution in [1.29, 1.82) is 0 Å². The van der Waals surface area contributed by atoms with Crippen molar-refractivity contribution in [3.8, 4) is 0 Å². The van der Waals surface area contributed by atoms with E-state index in [-0.39, 0.29) is 0 Å². The molecule has 1 heterocycles. The second-order valence-electron chi connectivity index (χ2n) is 3.25. The Hall–Kier alpha value is -0.910. The molecule has 0 aromatic carbocycles. The number of aliphatic hydroxyl groups excluding tert-OH is 1. The number of esters is 1. The van der Waals surface area contributed by atoms with Gasteiger partial charge in [-0.2, -0.15) is 11.3 Å². The third kappa shape index (κ3) is 3.62. The molecule has 0 bridgehead atoms. The van der Waals surface area contributed by atoms with Crippen LogP contribution in [0.25, 0.3) is 0 Å². The van der Waals surface area contributed by atoms with Crippen LogP contribution in [0.2, 0.25) is 0 Å². The molecule has 0 radical (unpaired) electrons. The zero-order chi connectivity index (χ0) is 11.3. The molecule has 1 rings (SSSR count). The van der Waals surface area contributed by atoms with E-state index >= 15 is 0 Å². The highest BCUT2D eigenvalue weighted by molar-refractivity contribution is 7.07. The van der Waals surface area contributed by atoms with E-state index in [4.69, 9.17) is 0 Å². The molecule has 0 aliphatic rings. The van der Waals surface area contributed by atoms with E-state index in [0.717, 1.165) is 5.56 Å². The van der Waals surface area contributed by atoms with Crippen LogP contribution in [0.3, 0.4) is 0 Å². The van der Waals surface area contributed by atoms with Crippen molar-refractivity contribution in [3.63, 3.8) is 0 Å². The SMILES string of the molecule is COC(=O)C(NCc1ccsc1)C(C)O. The highest BCUT2D eigenvalue weighted by Gasteiger charge is 2.23. The summed E-state index contributed by atoms with van der Waals surface area (Å²) in [5, 5.41) is 16.3. The number of methoxy groups -OCH3 is 1. The number of aliphatic hydroxyl groups is 1. The third-order valence-electron chi connectivity index (χ3n) is 2.04. The van der Waals surface area contributed by atoms with Gasteiger partial charge in [-0.3, -0.25) is 10.1 Å². The van der Waals surface area contributed by atoms with E-state index in [1.54, 1.807) is 18.3 Å². The van der Waals surface area contributed by atoms with Crippen LogP contribution in [-0.2, 0) is 16.1 Å². The minimum atomic E-state index is -0.768. The van der Waals surface area contributed by atoms with E-state index in [1.165, 1.54) is 7.11 Å². The maximum absolute atomic E-state index is 11.3. The molecule has 1 aromatic heterocycles. The largest absolute Gasteiger partial charge is 0.468 e. The molecule has 1 aromatic rings. The summed E-state index contributed by atoms with van der Waals surface area (Å²) in [6, 6.07) is 1.29. The summed E-state index contributed by atoms with van der Waals surface area (Å²) >= 11 is 1.60. The molecule has 4 nitrogen and oxygen atoms in total. The Balaban J connectivity index is 2.49. The van der Waals surface area contributed by atoms with E-state index < -0.39 is 18.1 Å². The smallest absolute Gasteiger partial charge is 0.325 e. The van der Waals surface area contributed by atoms with Gasteiger partial charge in [-0.25, -0.2) is 0 Å². The Morgan fingerprint density at radius 2 is 2.47 bits per heavy atom. The number of hydrogen-bond donors (Lipinski definition) is 2. The van der Waals surface area contributed by atoms with Crippen molar-refractivity contribution in [1.82, 2.24) is 5.32 Å². The summed E-state index contributed by atoms with van der Waals surface area (Å²) in [5.41, 5.74) is 1.09. The molecule has 84 valence electrons. The molecule has 0 spiro atoms. The summed E-state index contributed by atoms with van der Waals surface area (Å²) in [7, 11) is 1.31. The van der Waals surface area contributed by atoms with Crippen LogP contribution in [0.15, 0.2) is 16.8 Å². The molecule has 2 unspecified atom stereocenters. The molecule has 2 N–H and O–H groups in total. The lowest BCUT2D eigenvalue weighted by Crippen LogP contribution is -2.45. The number of carbonyl (C=O) groups excluding carboxylic acids is 1. The van der Waals surface area contributed by atoms with Gasteiger partial charge in [-0.15, -0.1) is 0 Å². The molecule has 0 saturated heterocycles. The first-order valence-electron chi connectivity index (χ1n) is 4.65. The Bertz CT molecular complexity index is 298. The molecule has 0 aliphatic carbocycles. The van der Waals surface area contributed by atoms with Crippen LogP contribution in [0.5, 0.6) is 0 Å². The fourth-order valence-corrected chi connectivity index (χ4v) is 1.87. The minimum Gasteiger partial charge on any atom is -0.468 e. The molecule has 0 aliphatic heterocycles. The van der Waals surface area contributed by atoms with Crippen molar-refractivity contribution in [2.24, 2.45) is 0 Å². The van der Waals surface area contributed by atoms with Crippen LogP contribution in [0.1, 0.15) is 12.5 Å². The summed E-state index contributed by atoms with van der Waals surface area (Å²) in [6.45, 7) is 2.11. The number of hydrogen-bond acceptors (Lipinski definition) is 5. The van der Waals surface area contributed by atoms with Gasteiger partial charge in [0, 0.05) is 6.54 Å². The van der Waals surface area contributed by atoms with Crippen LogP contribution in [-0.4, -0.2) is 30.3 Å². The van der Waals surface area contributed by atoms with Crippen LogP contribution in [0.4, 0.5) is 0 Å². The summed E-state index contributed by atoms with van der Waals surface area (Å²) in [6.07, 6.45) is -0.768. The fourth-order valence-electron chi connectivity index (χ4n) is 1.20. The highest BCUT2D eigenvalue weighted by atomic mass is 32.1. The number of rotatable bonds is 5. The van der Waals surface area contributed by atoms with Gasteiger partial charge in [-0.05, 0) is 29.3 Å². The van der Waals surface area contributed by atoms with Gasteiger partial charge in [0.1, 0.15) is 6.04 Å². The summed E-state index contributed by atoms with van der Waals surface area (Å²) in [4.78, 5) is 11.3. The zero-order valence-electron chi connectivity index (χ0n) is 8.77. The number of ether oxygens (including phenoxy) is 1. The second-order valence-corrected chi connectivity index (χ2v) is 4.03. The first-order valence-corrected chi connectivity index (χ1v) is 5.59. The lowest BCUT2D eigenvalue weighted by Gasteiger charge is -2.18. The number of thiophene rings is 1. The molecule has 0 saturated carbocycles. The van der Waals surface area contributed by atoms with E-state index in [9.17, 15) is 9.90 Å². The van der Waals surface area contributed by atoms with Crippen LogP contribution < -0.4 is 5.32 Å². The summed E-state index contributed by atoms with van der Waals surface area (Å²) < 4.78 is 4.58. The molecule has 5 heteroatoms. The highest BCUT2D eigenvalue weighted by Crippen LogP contribution is 2.06. The standard InChI is InChI=1S/C10H15NO3S/c1-7(12)9(10(13)14-2)11-5-8-3-4-15-6-8/h3-4,6-7,9,11-12H,5H2,1-2H3.